The van der Waals surface area contributed by atoms with Gasteiger partial charge in [-0.25, -0.2) is 0 Å². The lowest BCUT2D eigenvalue weighted by molar-refractivity contribution is -0.123. The molecule has 1 aromatic rings. The van der Waals surface area contributed by atoms with E-state index in [4.69, 9.17) is 23.2 Å². The number of rotatable bonds is 5. The molecule has 1 amide bonds. The van der Waals surface area contributed by atoms with Gasteiger partial charge in [0.15, 0.2) is 0 Å². The molecular formula is C19H24Cl2N2O2. The number of hydrazine groups is 1. The van der Waals surface area contributed by atoms with Crippen molar-refractivity contribution >= 4 is 34.8 Å². The molecule has 6 heteroatoms. The van der Waals surface area contributed by atoms with Gasteiger partial charge in [0.2, 0.25) is 5.91 Å². The first-order chi connectivity index (χ1) is 11.6. The van der Waals surface area contributed by atoms with Crippen molar-refractivity contribution in [2.45, 2.75) is 34.6 Å². The summed E-state index contributed by atoms with van der Waals surface area (Å²) in [5.41, 5.74) is 7.69. The van der Waals surface area contributed by atoms with Crippen LogP contribution in [-0.2, 0) is 4.79 Å². The van der Waals surface area contributed by atoms with Gasteiger partial charge < -0.3 is 5.11 Å². The quantitative estimate of drug-likeness (QED) is 0.500. The van der Waals surface area contributed by atoms with Gasteiger partial charge in [0.25, 0.3) is 0 Å². The van der Waals surface area contributed by atoms with Crippen molar-refractivity contribution in [3.63, 3.8) is 0 Å². The van der Waals surface area contributed by atoms with Gasteiger partial charge in [-0.1, -0.05) is 54.8 Å². The molecular weight excluding hydrogens is 359 g/mol. The molecule has 0 bridgehead atoms. The van der Waals surface area contributed by atoms with Gasteiger partial charge in [0.1, 0.15) is 5.75 Å². The van der Waals surface area contributed by atoms with Crippen LogP contribution in [0.1, 0.15) is 40.2 Å². The molecule has 2 atom stereocenters. The number of amides is 1. The van der Waals surface area contributed by atoms with Gasteiger partial charge in [0, 0.05) is 10.6 Å². The van der Waals surface area contributed by atoms with Crippen molar-refractivity contribution in [3.8, 4) is 5.75 Å². The third-order valence-electron chi connectivity index (χ3n) is 4.63. The maximum atomic E-state index is 12.5. The summed E-state index contributed by atoms with van der Waals surface area (Å²) >= 11 is 12.0. The smallest absolute Gasteiger partial charge is 0.242 e. The van der Waals surface area contributed by atoms with E-state index in [9.17, 15) is 9.90 Å². The molecule has 136 valence electrons. The molecule has 25 heavy (non-hydrogen) atoms. The van der Waals surface area contributed by atoms with E-state index in [2.05, 4.69) is 30.8 Å². The van der Waals surface area contributed by atoms with Crippen LogP contribution in [0.2, 0.25) is 10.0 Å². The first-order valence-corrected chi connectivity index (χ1v) is 8.90. The normalized spacial score (nSPS) is 21.5. The van der Waals surface area contributed by atoms with E-state index in [1.165, 1.54) is 11.6 Å². The van der Waals surface area contributed by atoms with Crippen LogP contribution >= 0.6 is 23.2 Å². The summed E-state index contributed by atoms with van der Waals surface area (Å²) < 4.78 is 0. The third kappa shape index (κ3) is 4.13. The molecule has 0 spiro atoms. The Kier molecular flexibility index (Phi) is 5.75. The highest BCUT2D eigenvalue weighted by Crippen LogP contribution is 2.59. The highest BCUT2D eigenvalue weighted by molar-refractivity contribution is 6.36. The lowest BCUT2D eigenvalue weighted by atomic mass is 10.1. The highest BCUT2D eigenvalue weighted by atomic mass is 35.5. The number of phenolic OH excluding ortho intramolecular Hbond substituents is 1. The fourth-order valence-electron chi connectivity index (χ4n) is 3.12. The molecule has 0 aliphatic heterocycles. The van der Waals surface area contributed by atoms with Gasteiger partial charge in [-0.15, -0.1) is 0 Å². The Bertz CT molecular complexity index is 750. The minimum atomic E-state index is -0.0930. The van der Waals surface area contributed by atoms with Gasteiger partial charge >= 0.3 is 0 Å². The van der Waals surface area contributed by atoms with Crippen molar-refractivity contribution in [2.24, 2.45) is 17.3 Å². The van der Waals surface area contributed by atoms with Gasteiger partial charge in [-0.2, -0.15) is 0 Å². The lowest BCUT2D eigenvalue weighted by Gasteiger charge is -2.15. The zero-order valence-electron chi connectivity index (χ0n) is 15.1. The number of carbonyl (C=O) groups excluding carboxylic acids is 1. The number of hydrogen-bond donors (Lipinski definition) is 3. The van der Waals surface area contributed by atoms with E-state index in [1.807, 2.05) is 13.8 Å². The van der Waals surface area contributed by atoms with Crippen LogP contribution in [0.25, 0.3) is 5.70 Å². The van der Waals surface area contributed by atoms with Crippen molar-refractivity contribution in [1.29, 1.82) is 0 Å². The Morgan fingerprint density at radius 2 is 1.88 bits per heavy atom. The van der Waals surface area contributed by atoms with Crippen LogP contribution in [-0.4, -0.2) is 11.0 Å². The summed E-state index contributed by atoms with van der Waals surface area (Å²) in [5.74, 6) is -0.0403. The van der Waals surface area contributed by atoms with E-state index in [0.717, 1.165) is 0 Å². The zero-order chi connectivity index (χ0) is 18.9. The number of aromatic hydroxyl groups is 1. The Morgan fingerprint density at radius 3 is 2.44 bits per heavy atom. The van der Waals surface area contributed by atoms with Crippen molar-refractivity contribution in [2.75, 3.05) is 0 Å². The maximum Gasteiger partial charge on any atom is 0.242 e. The van der Waals surface area contributed by atoms with E-state index in [-0.39, 0.29) is 33.9 Å². The van der Waals surface area contributed by atoms with Gasteiger partial charge in [-0.3, -0.25) is 15.6 Å². The largest absolute Gasteiger partial charge is 0.506 e. The molecule has 1 aliphatic carbocycles. The number of nitrogens with one attached hydrogen (secondary N) is 2. The molecule has 0 radical (unpaired) electrons. The van der Waals surface area contributed by atoms with Crippen LogP contribution in [0, 0.1) is 17.3 Å². The van der Waals surface area contributed by atoms with Crippen LogP contribution in [0.5, 0.6) is 5.75 Å². The van der Waals surface area contributed by atoms with Crippen LogP contribution in [0.4, 0.5) is 0 Å². The molecule has 2 rings (SSSR count). The van der Waals surface area contributed by atoms with E-state index in [1.54, 1.807) is 19.1 Å². The first kappa shape index (κ1) is 19.7. The Morgan fingerprint density at radius 1 is 1.24 bits per heavy atom. The fourth-order valence-corrected chi connectivity index (χ4v) is 3.62. The number of phenols is 1. The van der Waals surface area contributed by atoms with Crippen LogP contribution in [0.3, 0.4) is 0 Å². The lowest BCUT2D eigenvalue weighted by Crippen LogP contribution is -2.38. The number of allylic oxidation sites excluding steroid dienone is 3. The highest BCUT2D eigenvalue weighted by Gasteiger charge is 2.60. The molecule has 0 unspecified atom stereocenters. The molecule has 0 heterocycles. The zero-order valence-corrected chi connectivity index (χ0v) is 16.6. The molecule has 0 saturated heterocycles. The maximum absolute atomic E-state index is 12.5. The molecule has 1 aliphatic rings. The minimum absolute atomic E-state index is 0.0688. The second kappa shape index (κ2) is 7.30. The summed E-state index contributed by atoms with van der Waals surface area (Å²) in [6, 6.07) is 3.05. The molecule has 3 N–H and O–H groups in total. The Balaban J connectivity index is 2.10. The van der Waals surface area contributed by atoms with Gasteiger partial charge in [0.05, 0.1) is 16.6 Å². The molecule has 4 nitrogen and oxygen atoms in total. The summed E-state index contributed by atoms with van der Waals surface area (Å²) in [6.45, 7) is 10.0. The van der Waals surface area contributed by atoms with Crippen LogP contribution in [0.15, 0.2) is 29.9 Å². The standard InChI is InChI=1S/C19H24Cl2N2O2/c1-6-15(12-8-11(20)9-14(21)17(12)24)22-23-18(25)16-13(7-10(2)3)19(16,4)5/h6-9,13,16,22,24H,1-5H3,(H,23,25)/b15-6-/t13-,16-/m0/s1. The second-order valence-electron chi connectivity index (χ2n) is 7.17. The van der Waals surface area contributed by atoms with E-state index >= 15 is 0 Å². The van der Waals surface area contributed by atoms with Crippen LogP contribution < -0.4 is 10.9 Å². The van der Waals surface area contributed by atoms with Crippen molar-refractivity contribution in [3.05, 3.63) is 45.5 Å². The molecule has 1 saturated carbocycles. The SMILES string of the molecule is C/C=C(\NNC(=O)[C@@H]1[C@H](C=C(C)C)C1(C)C)c1cc(Cl)cc(Cl)c1O. The molecule has 0 aromatic heterocycles. The fraction of sp³-hybridized carbons (Fsp3) is 0.421. The number of benzene rings is 1. The van der Waals surface area contributed by atoms with E-state index < -0.39 is 0 Å². The number of halogens is 2. The number of hydrogen-bond acceptors (Lipinski definition) is 3. The monoisotopic (exact) mass is 382 g/mol. The second-order valence-corrected chi connectivity index (χ2v) is 8.01. The summed E-state index contributed by atoms with van der Waals surface area (Å²) in [7, 11) is 0. The minimum Gasteiger partial charge on any atom is -0.506 e. The predicted octanol–water partition coefficient (Wildman–Crippen LogP) is 4.92. The average Bonchev–Trinajstić information content (AvgIpc) is 3.04. The summed E-state index contributed by atoms with van der Waals surface area (Å²) in [5, 5.41) is 10.7. The third-order valence-corrected chi connectivity index (χ3v) is 5.14. The van der Waals surface area contributed by atoms with E-state index in [0.29, 0.717) is 16.3 Å². The summed E-state index contributed by atoms with van der Waals surface area (Å²) in [6.07, 6.45) is 3.87. The Labute approximate surface area is 158 Å². The predicted molar refractivity (Wildman–Crippen MR) is 103 cm³/mol. The number of carbonyl (C=O) groups is 1. The van der Waals surface area contributed by atoms with Crippen molar-refractivity contribution in [1.82, 2.24) is 10.9 Å². The molecule has 1 aromatic carbocycles. The topological polar surface area (TPSA) is 61.4 Å². The first-order valence-electron chi connectivity index (χ1n) is 8.15. The average molecular weight is 383 g/mol. The van der Waals surface area contributed by atoms with Gasteiger partial charge in [-0.05, 0) is 44.2 Å². The Hall–Kier alpha value is -1.65. The van der Waals surface area contributed by atoms with Crippen molar-refractivity contribution < 1.29 is 9.90 Å². The summed E-state index contributed by atoms with van der Waals surface area (Å²) in [4.78, 5) is 12.5. The molecule has 1 fully saturated rings.